The summed E-state index contributed by atoms with van der Waals surface area (Å²) in [5.74, 6) is 0.466. The zero-order valence-corrected chi connectivity index (χ0v) is 17.3. The maximum absolute atomic E-state index is 13.3. The van der Waals surface area contributed by atoms with Gasteiger partial charge < -0.3 is 9.84 Å². The Hall–Kier alpha value is -2.19. The molecule has 0 radical (unpaired) electrons. The van der Waals surface area contributed by atoms with Crippen molar-refractivity contribution in [2.75, 3.05) is 38.6 Å². The average Bonchev–Trinajstić information content (AvgIpc) is 2.74. The van der Waals surface area contributed by atoms with Crippen LogP contribution in [-0.4, -0.2) is 64.3 Å². The Morgan fingerprint density at radius 1 is 1.14 bits per heavy atom. The number of rotatable bonds is 6. The van der Waals surface area contributed by atoms with Crippen molar-refractivity contribution in [1.82, 2.24) is 14.5 Å². The van der Waals surface area contributed by atoms with Crippen molar-refractivity contribution >= 4 is 22.7 Å². The second-order valence-electron chi connectivity index (χ2n) is 7.22. The summed E-state index contributed by atoms with van der Waals surface area (Å²) in [5, 5.41) is 11.7. The van der Waals surface area contributed by atoms with Crippen molar-refractivity contribution < 1.29 is 9.84 Å². The Labute approximate surface area is 174 Å². The van der Waals surface area contributed by atoms with Crippen LogP contribution in [0.3, 0.4) is 0 Å². The quantitative estimate of drug-likeness (QED) is 0.497. The van der Waals surface area contributed by atoms with Gasteiger partial charge in [-0.3, -0.25) is 14.3 Å². The largest absolute Gasteiger partial charge is 0.391 e. The van der Waals surface area contributed by atoms with Crippen LogP contribution in [0.2, 0.25) is 0 Å². The summed E-state index contributed by atoms with van der Waals surface area (Å²) < 4.78 is 7.03. The standard InChI is InChI=1S/C22H25N3O3S/c1-16-6-2-5-9-20(16)25-21(27)18-7-3-4-8-19(18)23-22(25)29-15-17(26)14-24-10-12-28-13-11-24/h2-9,17,26H,10-15H2,1H3/t17-/m1/s1. The first kappa shape index (κ1) is 20.1. The van der Waals surface area contributed by atoms with Gasteiger partial charge in [-0.1, -0.05) is 42.1 Å². The van der Waals surface area contributed by atoms with Crippen molar-refractivity contribution in [2.24, 2.45) is 0 Å². The second kappa shape index (κ2) is 9.09. The lowest BCUT2D eigenvalue weighted by Crippen LogP contribution is -2.41. The van der Waals surface area contributed by atoms with Gasteiger partial charge in [0.2, 0.25) is 0 Å². The van der Waals surface area contributed by atoms with Gasteiger partial charge >= 0.3 is 0 Å². The zero-order valence-electron chi connectivity index (χ0n) is 16.5. The molecule has 1 saturated heterocycles. The highest BCUT2D eigenvalue weighted by molar-refractivity contribution is 7.99. The van der Waals surface area contributed by atoms with Crippen LogP contribution in [0.1, 0.15) is 5.56 Å². The van der Waals surface area contributed by atoms with E-state index in [0.29, 0.717) is 41.6 Å². The highest BCUT2D eigenvalue weighted by Gasteiger charge is 2.18. The Morgan fingerprint density at radius 2 is 1.86 bits per heavy atom. The van der Waals surface area contributed by atoms with E-state index in [2.05, 4.69) is 4.90 Å². The molecule has 0 aliphatic carbocycles. The van der Waals surface area contributed by atoms with Gasteiger partial charge in [0, 0.05) is 25.4 Å². The summed E-state index contributed by atoms with van der Waals surface area (Å²) in [5.41, 5.74) is 2.41. The van der Waals surface area contributed by atoms with Gasteiger partial charge in [0.25, 0.3) is 5.56 Å². The Balaban J connectivity index is 1.64. The molecule has 3 aromatic rings. The van der Waals surface area contributed by atoms with Gasteiger partial charge in [0.05, 0.1) is 35.9 Å². The molecular formula is C22H25N3O3S. The first-order valence-electron chi connectivity index (χ1n) is 9.82. The van der Waals surface area contributed by atoms with E-state index >= 15 is 0 Å². The number of ether oxygens (including phenoxy) is 1. The second-order valence-corrected chi connectivity index (χ2v) is 8.20. The molecule has 1 atom stereocenters. The van der Waals surface area contributed by atoms with Gasteiger partial charge in [0.15, 0.2) is 5.16 Å². The van der Waals surface area contributed by atoms with Gasteiger partial charge in [-0.25, -0.2) is 4.98 Å². The Morgan fingerprint density at radius 3 is 2.66 bits per heavy atom. The van der Waals surface area contributed by atoms with E-state index in [4.69, 9.17) is 9.72 Å². The molecule has 152 valence electrons. The molecule has 1 fully saturated rings. The number of β-amino-alcohol motifs (C(OH)–C–C–N with tert-alkyl or cyclic N) is 1. The molecule has 7 heteroatoms. The van der Waals surface area contributed by atoms with E-state index < -0.39 is 6.10 Å². The molecular weight excluding hydrogens is 386 g/mol. The molecule has 1 aliphatic rings. The number of para-hydroxylation sites is 2. The molecule has 0 spiro atoms. The molecule has 2 aromatic carbocycles. The molecule has 1 aromatic heterocycles. The van der Waals surface area contributed by atoms with Gasteiger partial charge in [-0.15, -0.1) is 0 Å². The smallest absolute Gasteiger partial charge is 0.266 e. The third-order valence-electron chi connectivity index (χ3n) is 5.08. The molecule has 0 amide bonds. The number of aliphatic hydroxyl groups excluding tert-OH is 1. The minimum atomic E-state index is -0.508. The molecule has 2 heterocycles. The fourth-order valence-electron chi connectivity index (χ4n) is 3.54. The number of benzene rings is 2. The number of aliphatic hydroxyl groups is 1. The average molecular weight is 412 g/mol. The fourth-order valence-corrected chi connectivity index (χ4v) is 4.46. The predicted octanol–water partition coefficient (Wildman–Crippen LogP) is 2.48. The first-order valence-corrected chi connectivity index (χ1v) is 10.8. The van der Waals surface area contributed by atoms with E-state index in [1.807, 2.05) is 49.4 Å². The third kappa shape index (κ3) is 4.53. The van der Waals surface area contributed by atoms with Crippen LogP contribution in [0.4, 0.5) is 0 Å². The van der Waals surface area contributed by atoms with Crippen molar-refractivity contribution in [3.05, 3.63) is 64.4 Å². The van der Waals surface area contributed by atoms with E-state index in [1.165, 1.54) is 11.8 Å². The van der Waals surface area contributed by atoms with Crippen LogP contribution in [0.25, 0.3) is 16.6 Å². The summed E-state index contributed by atoms with van der Waals surface area (Å²) >= 11 is 1.42. The number of aryl methyl sites for hydroxylation is 1. The van der Waals surface area contributed by atoms with E-state index in [0.717, 1.165) is 24.3 Å². The maximum Gasteiger partial charge on any atom is 0.266 e. The predicted molar refractivity (Wildman–Crippen MR) is 116 cm³/mol. The molecule has 0 saturated carbocycles. The van der Waals surface area contributed by atoms with Gasteiger partial charge in [-0.05, 0) is 30.7 Å². The maximum atomic E-state index is 13.3. The van der Waals surface area contributed by atoms with Crippen molar-refractivity contribution in [3.63, 3.8) is 0 Å². The highest BCUT2D eigenvalue weighted by atomic mass is 32.2. The summed E-state index contributed by atoms with van der Waals surface area (Å²) in [6, 6.07) is 15.2. The molecule has 0 bridgehead atoms. The topological polar surface area (TPSA) is 67.6 Å². The number of hydrogen-bond donors (Lipinski definition) is 1. The lowest BCUT2D eigenvalue weighted by molar-refractivity contribution is 0.0188. The zero-order chi connectivity index (χ0) is 20.2. The molecule has 4 rings (SSSR count). The summed E-state index contributed by atoms with van der Waals surface area (Å²) in [6.07, 6.45) is -0.508. The molecule has 1 N–H and O–H groups in total. The first-order chi connectivity index (χ1) is 14.1. The minimum Gasteiger partial charge on any atom is -0.391 e. The molecule has 6 nitrogen and oxygen atoms in total. The van der Waals surface area contributed by atoms with Crippen LogP contribution in [0.5, 0.6) is 0 Å². The van der Waals surface area contributed by atoms with E-state index in [1.54, 1.807) is 10.6 Å². The normalized spacial score (nSPS) is 16.2. The van der Waals surface area contributed by atoms with Crippen molar-refractivity contribution in [3.8, 4) is 5.69 Å². The monoisotopic (exact) mass is 411 g/mol. The number of fused-ring (bicyclic) bond motifs is 1. The Kier molecular flexibility index (Phi) is 6.30. The lowest BCUT2D eigenvalue weighted by atomic mass is 10.2. The van der Waals surface area contributed by atoms with Crippen molar-refractivity contribution in [2.45, 2.75) is 18.2 Å². The van der Waals surface area contributed by atoms with E-state index in [9.17, 15) is 9.90 Å². The van der Waals surface area contributed by atoms with Gasteiger partial charge in [-0.2, -0.15) is 0 Å². The van der Waals surface area contributed by atoms with Crippen LogP contribution >= 0.6 is 11.8 Å². The minimum absolute atomic E-state index is 0.0879. The molecule has 0 unspecified atom stereocenters. The fraction of sp³-hybridized carbons (Fsp3) is 0.364. The molecule has 29 heavy (non-hydrogen) atoms. The van der Waals surface area contributed by atoms with E-state index in [-0.39, 0.29) is 5.56 Å². The third-order valence-corrected chi connectivity index (χ3v) is 6.16. The SMILES string of the molecule is Cc1ccccc1-n1c(SC[C@H](O)CN2CCOCC2)nc2ccccc2c1=O. The number of aromatic nitrogens is 2. The number of morpholine rings is 1. The van der Waals surface area contributed by atoms with Crippen LogP contribution in [0.15, 0.2) is 58.5 Å². The Bertz CT molecular complexity index is 1050. The molecule has 1 aliphatic heterocycles. The van der Waals surface area contributed by atoms with Crippen LogP contribution in [0, 0.1) is 6.92 Å². The van der Waals surface area contributed by atoms with Crippen LogP contribution < -0.4 is 5.56 Å². The van der Waals surface area contributed by atoms with Crippen LogP contribution in [-0.2, 0) is 4.74 Å². The van der Waals surface area contributed by atoms with Crippen molar-refractivity contribution in [1.29, 1.82) is 0 Å². The number of hydrogen-bond acceptors (Lipinski definition) is 6. The number of nitrogens with zero attached hydrogens (tertiary/aromatic N) is 3. The summed E-state index contributed by atoms with van der Waals surface area (Å²) in [4.78, 5) is 20.2. The number of thioether (sulfide) groups is 1. The lowest BCUT2D eigenvalue weighted by Gasteiger charge is -2.28. The summed E-state index contributed by atoms with van der Waals surface area (Å²) in [6.45, 7) is 5.67. The summed E-state index contributed by atoms with van der Waals surface area (Å²) in [7, 11) is 0. The van der Waals surface area contributed by atoms with Gasteiger partial charge in [0.1, 0.15) is 0 Å². The highest BCUT2D eigenvalue weighted by Crippen LogP contribution is 2.23.